The number of hydrogen-bond donors (Lipinski definition) is 0. The number of thioether (sulfide) groups is 1. The summed E-state index contributed by atoms with van der Waals surface area (Å²) in [5.74, 6) is 0.690. The Morgan fingerprint density at radius 3 is 2.77 bits per heavy atom. The third kappa shape index (κ3) is 3.70. The number of rotatable bonds is 4. The van der Waals surface area contributed by atoms with Gasteiger partial charge in [-0.05, 0) is 31.2 Å². The van der Waals surface area contributed by atoms with Gasteiger partial charge in [0.2, 0.25) is 5.91 Å². The minimum absolute atomic E-state index is 0.169. The van der Waals surface area contributed by atoms with Crippen LogP contribution in [0.3, 0.4) is 0 Å². The van der Waals surface area contributed by atoms with E-state index in [1.165, 1.54) is 24.6 Å². The van der Waals surface area contributed by atoms with Gasteiger partial charge in [0.15, 0.2) is 0 Å². The number of nitrogens with zero attached hydrogens (tertiary/aromatic N) is 3. The Morgan fingerprint density at radius 1 is 1.32 bits per heavy atom. The van der Waals surface area contributed by atoms with Crippen LogP contribution in [0.2, 0.25) is 0 Å². The first kappa shape index (κ1) is 15.6. The zero-order valence-electron chi connectivity index (χ0n) is 12.5. The largest absolute Gasteiger partial charge is 0.410 e. The van der Waals surface area contributed by atoms with E-state index in [4.69, 9.17) is 4.42 Å². The van der Waals surface area contributed by atoms with E-state index in [0.29, 0.717) is 11.1 Å². The minimum Gasteiger partial charge on any atom is -0.410 e. The molecule has 1 aliphatic heterocycles. The Labute approximate surface area is 138 Å². The molecule has 2 aromatic heterocycles. The predicted molar refractivity (Wildman–Crippen MR) is 88.0 cm³/mol. The topological polar surface area (TPSA) is 59.2 Å². The van der Waals surface area contributed by atoms with Crippen LogP contribution in [0.25, 0.3) is 10.8 Å². The highest BCUT2D eigenvalue weighted by molar-refractivity contribution is 8.00. The van der Waals surface area contributed by atoms with Crippen LogP contribution in [0.4, 0.5) is 0 Å². The Kier molecular flexibility index (Phi) is 5.15. The van der Waals surface area contributed by atoms with Gasteiger partial charge < -0.3 is 9.32 Å². The maximum atomic E-state index is 12.5. The second-order valence-electron chi connectivity index (χ2n) is 5.35. The molecule has 1 unspecified atom stereocenters. The first-order valence-electron chi connectivity index (χ1n) is 7.57. The van der Waals surface area contributed by atoms with E-state index in [-0.39, 0.29) is 11.2 Å². The molecule has 0 aromatic carbocycles. The number of carbonyl (C=O) groups is 1. The highest BCUT2D eigenvalue weighted by Gasteiger charge is 2.24. The fourth-order valence-corrected chi connectivity index (χ4v) is 3.92. The lowest BCUT2D eigenvalue weighted by atomic mass is 10.2. The molecule has 0 saturated carbocycles. The van der Waals surface area contributed by atoms with Crippen molar-refractivity contribution in [2.45, 2.75) is 43.1 Å². The Balaban J connectivity index is 1.61. The molecule has 1 fully saturated rings. The highest BCUT2D eigenvalue weighted by atomic mass is 32.2. The molecular weight excluding hydrogens is 318 g/mol. The van der Waals surface area contributed by atoms with Crippen LogP contribution in [-0.2, 0) is 4.79 Å². The first-order chi connectivity index (χ1) is 10.7. The lowest BCUT2D eigenvalue weighted by molar-refractivity contribution is -0.130. The van der Waals surface area contributed by atoms with Crippen LogP contribution in [0.1, 0.15) is 32.6 Å². The summed E-state index contributed by atoms with van der Waals surface area (Å²) >= 11 is 2.90. The molecule has 22 heavy (non-hydrogen) atoms. The Bertz CT molecular complexity index is 604. The average molecular weight is 337 g/mol. The number of aromatic nitrogens is 2. The van der Waals surface area contributed by atoms with Crippen LogP contribution < -0.4 is 0 Å². The van der Waals surface area contributed by atoms with Crippen molar-refractivity contribution < 1.29 is 9.21 Å². The molecular formula is C15H19N3O2S2. The summed E-state index contributed by atoms with van der Waals surface area (Å²) in [6.45, 7) is 3.65. The second-order valence-corrected chi connectivity index (χ2v) is 7.59. The zero-order valence-corrected chi connectivity index (χ0v) is 14.2. The molecule has 118 valence electrons. The van der Waals surface area contributed by atoms with E-state index < -0.39 is 0 Å². The standard InChI is InChI=1S/C15H19N3O2S2/c1-11(14(19)18-8-4-2-3-5-9-18)22-15-17-16-13(20-15)12-7-6-10-21-12/h6-7,10-11H,2-5,8-9H2,1H3. The summed E-state index contributed by atoms with van der Waals surface area (Å²) in [5.41, 5.74) is 0. The van der Waals surface area contributed by atoms with Crippen molar-refractivity contribution in [3.63, 3.8) is 0 Å². The van der Waals surface area contributed by atoms with E-state index in [9.17, 15) is 4.79 Å². The van der Waals surface area contributed by atoms with Crippen LogP contribution >= 0.6 is 23.1 Å². The van der Waals surface area contributed by atoms with Gasteiger partial charge in [-0.25, -0.2) is 0 Å². The maximum absolute atomic E-state index is 12.5. The van der Waals surface area contributed by atoms with E-state index in [1.807, 2.05) is 29.3 Å². The average Bonchev–Trinajstić information content (AvgIpc) is 3.13. The van der Waals surface area contributed by atoms with Crippen molar-refractivity contribution in [2.75, 3.05) is 13.1 Å². The van der Waals surface area contributed by atoms with Crippen molar-refractivity contribution in [3.8, 4) is 10.8 Å². The second kappa shape index (κ2) is 7.28. The van der Waals surface area contributed by atoms with Gasteiger partial charge in [-0.1, -0.05) is 30.7 Å². The first-order valence-corrected chi connectivity index (χ1v) is 9.33. The molecule has 0 radical (unpaired) electrons. The van der Waals surface area contributed by atoms with Crippen molar-refractivity contribution in [1.82, 2.24) is 15.1 Å². The third-order valence-electron chi connectivity index (χ3n) is 3.68. The van der Waals surface area contributed by atoms with Gasteiger partial charge in [0.25, 0.3) is 11.1 Å². The number of carbonyl (C=O) groups excluding carboxylic acids is 1. The van der Waals surface area contributed by atoms with Gasteiger partial charge in [0.05, 0.1) is 10.1 Å². The number of hydrogen-bond acceptors (Lipinski definition) is 6. The van der Waals surface area contributed by atoms with Crippen LogP contribution in [0.5, 0.6) is 0 Å². The van der Waals surface area contributed by atoms with Crippen molar-refractivity contribution in [1.29, 1.82) is 0 Å². The smallest absolute Gasteiger partial charge is 0.277 e. The van der Waals surface area contributed by atoms with Gasteiger partial charge in [-0.2, -0.15) is 0 Å². The summed E-state index contributed by atoms with van der Waals surface area (Å²) in [6.07, 6.45) is 4.65. The van der Waals surface area contributed by atoms with E-state index in [2.05, 4.69) is 10.2 Å². The molecule has 7 heteroatoms. The SMILES string of the molecule is CC(Sc1nnc(-c2cccs2)o1)C(=O)N1CCCCCC1. The summed E-state index contributed by atoms with van der Waals surface area (Å²) in [7, 11) is 0. The molecule has 3 rings (SSSR count). The molecule has 2 aromatic rings. The van der Waals surface area contributed by atoms with Crippen molar-refractivity contribution in [2.24, 2.45) is 0 Å². The van der Waals surface area contributed by atoms with Crippen LogP contribution in [0, 0.1) is 0 Å². The molecule has 1 atom stereocenters. The molecule has 1 amide bonds. The molecule has 0 aliphatic carbocycles. The summed E-state index contributed by atoms with van der Waals surface area (Å²) in [5, 5.41) is 10.3. The summed E-state index contributed by atoms with van der Waals surface area (Å²) in [6, 6.07) is 3.89. The molecule has 1 aliphatic rings. The van der Waals surface area contributed by atoms with Gasteiger partial charge >= 0.3 is 0 Å². The quantitative estimate of drug-likeness (QED) is 0.797. The molecule has 0 spiro atoms. The predicted octanol–water partition coefficient (Wildman–Crippen LogP) is 3.68. The molecule has 3 heterocycles. The van der Waals surface area contributed by atoms with E-state index >= 15 is 0 Å². The fraction of sp³-hybridized carbons (Fsp3) is 0.533. The molecule has 5 nitrogen and oxygen atoms in total. The lowest BCUT2D eigenvalue weighted by Crippen LogP contribution is -2.37. The van der Waals surface area contributed by atoms with Crippen LogP contribution in [-0.4, -0.2) is 39.3 Å². The fourth-order valence-electron chi connectivity index (χ4n) is 2.51. The monoisotopic (exact) mass is 337 g/mol. The summed E-state index contributed by atoms with van der Waals surface area (Å²) < 4.78 is 5.64. The van der Waals surface area contributed by atoms with E-state index in [0.717, 1.165) is 30.8 Å². The Hall–Kier alpha value is -1.34. The molecule has 0 bridgehead atoms. The lowest BCUT2D eigenvalue weighted by Gasteiger charge is -2.23. The van der Waals surface area contributed by atoms with Crippen molar-refractivity contribution >= 4 is 29.0 Å². The summed E-state index contributed by atoms with van der Waals surface area (Å²) in [4.78, 5) is 15.4. The normalized spacial score (nSPS) is 17.2. The zero-order chi connectivity index (χ0) is 15.4. The van der Waals surface area contributed by atoms with Gasteiger partial charge in [-0.3, -0.25) is 4.79 Å². The number of likely N-dealkylation sites (tertiary alicyclic amines) is 1. The van der Waals surface area contributed by atoms with Crippen molar-refractivity contribution in [3.05, 3.63) is 17.5 Å². The number of amides is 1. The van der Waals surface area contributed by atoms with Crippen LogP contribution in [0.15, 0.2) is 27.2 Å². The highest BCUT2D eigenvalue weighted by Crippen LogP contribution is 2.29. The van der Waals surface area contributed by atoms with Gasteiger partial charge in [0, 0.05) is 13.1 Å². The minimum atomic E-state index is -0.199. The third-order valence-corrected chi connectivity index (χ3v) is 5.46. The van der Waals surface area contributed by atoms with Gasteiger partial charge in [-0.15, -0.1) is 21.5 Å². The maximum Gasteiger partial charge on any atom is 0.277 e. The van der Waals surface area contributed by atoms with E-state index in [1.54, 1.807) is 11.3 Å². The number of thiophene rings is 1. The molecule has 0 N–H and O–H groups in total. The Morgan fingerprint density at radius 2 is 2.09 bits per heavy atom. The van der Waals surface area contributed by atoms with Gasteiger partial charge in [0.1, 0.15) is 0 Å². The molecule has 1 saturated heterocycles.